The van der Waals surface area contributed by atoms with Crippen molar-refractivity contribution >= 4 is 23.8 Å². The van der Waals surface area contributed by atoms with E-state index in [9.17, 15) is 19.2 Å². The van der Waals surface area contributed by atoms with Crippen molar-refractivity contribution in [3.8, 4) is 0 Å². The lowest BCUT2D eigenvalue weighted by Crippen LogP contribution is -2.47. The molecular weight excluding hydrogens is 400 g/mol. The Labute approximate surface area is 185 Å². The molecule has 0 aromatic carbocycles. The first kappa shape index (κ1) is 24.9. The predicted molar refractivity (Wildman–Crippen MR) is 116 cm³/mol. The Morgan fingerprint density at radius 2 is 1.81 bits per heavy atom. The first-order valence-electron chi connectivity index (χ1n) is 11.6. The van der Waals surface area contributed by atoms with Crippen LogP contribution in [-0.4, -0.2) is 79.5 Å². The molecule has 2 fully saturated rings. The van der Waals surface area contributed by atoms with Gasteiger partial charge in [-0.15, -0.1) is 0 Å². The van der Waals surface area contributed by atoms with Gasteiger partial charge >= 0.3 is 12.0 Å². The third-order valence-corrected chi connectivity index (χ3v) is 5.99. The number of ether oxygens (including phenoxy) is 1. The zero-order chi connectivity index (χ0) is 22.6. The largest absolute Gasteiger partial charge is 0.466 e. The van der Waals surface area contributed by atoms with E-state index in [-0.39, 0.29) is 48.7 Å². The summed E-state index contributed by atoms with van der Waals surface area (Å²) in [6.07, 6.45) is 7.87. The summed E-state index contributed by atoms with van der Waals surface area (Å²) in [6.45, 7) is 3.44. The van der Waals surface area contributed by atoms with E-state index in [0.717, 1.165) is 38.5 Å². The molecule has 1 aliphatic carbocycles. The Kier molecular flexibility index (Phi) is 10.6. The zero-order valence-corrected chi connectivity index (χ0v) is 19.0. The molecule has 9 heteroatoms. The standard InChI is InChI=1S/C22H38N4O5/c1-3-31-21(29)17-9-8-14-26(15-17)20(28)16-25(2)19(27)12-7-13-23-22(30)24-18-10-5-4-6-11-18/h17-18H,3-16H2,1-2H3,(H2,23,24,30). The van der Waals surface area contributed by atoms with Crippen molar-refractivity contribution in [3.05, 3.63) is 0 Å². The SMILES string of the molecule is CCOC(=O)C1CCCN(C(=O)CN(C)C(=O)CCCNC(=O)NC2CCCCC2)C1. The molecule has 0 spiro atoms. The van der Waals surface area contributed by atoms with Crippen molar-refractivity contribution in [2.24, 2.45) is 5.92 Å². The summed E-state index contributed by atoms with van der Waals surface area (Å²) in [5, 5.41) is 5.79. The van der Waals surface area contributed by atoms with E-state index < -0.39 is 0 Å². The van der Waals surface area contributed by atoms with Crippen LogP contribution in [0.4, 0.5) is 4.79 Å². The van der Waals surface area contributed by atoms with E-state index in [4.69, 9.17) is 4.74 Å². The highest BCUT2D eigenvalue weighted by Crippen LogP contribution is 2.18. The number of carbonyl (C=O) groups excluding carboxylic acids is 4. The predicted octanol–water partition coefficient (Wildman–Crippen LogP) is 1.66. The highest BCUT2D eigenvalue weighted by molar-refractivity contribution is 5.85. The number of rotatable bonds is 9. The second kappa shape index (κ2) is 13.2. The topological polar surface area (TPSA) is 108 Å². The van der Waals surface area contributed by atoms with Gasteiger partial charge in [-0.25, -0.2) is 4.79 Å². The van der Waals surface area contributed by atoms with E-state index >= 15 is 0 Å². The van der Waals surface area contributed by atoms with Gasteiger partial charge in [0.25, 0.3) is 0 Å². The third kappa shape index (κ3) is 8.75. The molecule has 4 amide bonds. The van der Waals surface area contributed by atoms with Crippen LogP contribution in [0.2, 0.25) is 0 Å². The molecule has 1 saturated heterocycles. The van der Waals surface area contributed by atoms with Crippen LogP contribution in [0.3, 0.4) is 0 Å². The average Bonchev–Trinajstić information content (AvgIpc) is 2.77. The maximum absolute atomic E-state index is 12.6. The lowest BCUT2D eigenvalue weighted by molar-refractivity contribution is -0.152. The molecule has 2 rings (SSSR count). The van der Waals surface area contributed by atoms with Crippen molar-refractivity contribution in [2.45, 2.75) is 70.8 Å². The Balaban J connectivity index is 1.63. The summed E-state index contributed by atoms with van der Waals surface area (Å²) < 4.78 is 5.07. The van der Waals surface area contributed by atoms with Crippen molar-refractivity contribution in [2.75, 3.05) is 39.8 Å². The highest BCUT2D eigenvalue weighted by atomic mass is 16.5. The van der Waals surface area contributed by atoms with Crippen LogP contribution in [0, 0.1) is 5.92 Å². The second-order valence-corrected chi connectivity index (χ2v) is 8.52. The minimum absolute atomic E-state index is 0.00995. The van der Waals surface area contributed by atoms with Gasteiger partial charge < -0.3 is 25.2 Å². The number of urea groups is 1. The fourth-order valence-electron chi connectivity index (χ4n) is 4.16. The number of nitrogens with zero attached hydrogens (tertiary/aromatic N) is 2. The number of hydrogen-bond acceptors (Lipinski definition) is 5. The number of likely N-dealkylation sites (N-methyl/N-ethyl adjacent to an activating group) is 1. The molecule has 1 aliphatic heterocycles. The van der Waals surface area contributed by atoms with Gasteiger partial charge in [0.15, 0.2) is 0 Å². The Morgan fingerprint density at radius 1 is 1.06 bits per heavy atom. The minimum Gasteiger partial charge on any atom is -0.466 e. The van der Waals surface area contributed by atoms with Crippen molar-refractivity contribution in [3.63, 3.8) is 0 Å². The molecule has 9 nitrogen and oxygen atoms in total. The molecule has 176 valence electrons. The number of hydrogen-bond donors (Lipinski definition) is 2. The van der Waals surface area contributed by atoms with Gasteiger partial charge in [0, 0.05) is 39.1 Å². The maximum atomic E-state index is 12.6. The summed E-state index contributed by atoms with van der Waals surface area (Å²) in [7, 11) is 1.61. The van der Waals surface area contributed by atoms with Crippen LogP contribution in [0.1, 0.15) is 64.7 Å². The Hall–Kier alpha value is -2.32. The average molecular weight is 439 g/mol. The molecule has 1 heterocycles. The maximum Gasteiger partial charge on any atom is 0.315 e. The first-order chi connectivity index (χ1) is 14.9. The third-order valence-electron chi connectivity index (χ3n) is 5.99. The summed E-state index contributed by atoms with van der Waals surface area (Å²) in [4.78, 5) is 51.8. The van der Waals surface area contributed by atoms with Gasteiger partial charge in [-0.2, -0.15) is 0 Å². The van der Waals surface area contributed by atoms with Crippen molar-refractivity contribution < 1.29 is 23.9 Å². The molecule has 0 aromatic rings. The molecule has 0 radical (unpaired) electrons. The minimum atomic E-state index is -0.288. The van der Waals surface area contributed by atoms with Gasteiger partial charge in [-0.3, -0.25) is 14.4 Å². The second-order valence-electron chi connectivity index (χ2n) is 8.52. The molecule has 1 unspecified atom stereocenters. The number of likely N-dealkylation sites (tertiary alicyclic amines) is 1. The fourth-order valence-corrected chi connectivity index (χ4v) is 4.16. The van der Waals surface area contributed by atoms with Gasteiger partial charge in [-0.1, -0.05) is 19.3 Å². The van der Waals surface area contributed by atoms with Crippen LogP contribution in [-0.2, 0) is 19.1 Å². The highest BCUT2D eigenvalue weighted by Gasteiger charge is 2.30. The lowest BCUT2D eigenvalue weighted by atomic mass is 9.96. The molecule has 2 aliphatic rings. The van der Waals surface area contributed by atoms with Gasteiger partial charge in [0.2, 0.25) is 11.8 Å². The molecule has 1 atom stereocenters. The monoisotopic (exact) mass is 438 g/mol. The van der Waals surface area contributed by atoms with Crippen LogP contribution in [0.25, 0.3) is 0 Å². The number of amides is 4. The summed E-state index contributed by atoms with van der Waals surface area (Å²) in [6, 6.07) is 0.0786. The Morgan fingerprint density at radius 3 is 2.52 bits per heavy atom. The van der Waals surface area contributed by atoms with Gasteiger partial charge in [-0.05, 0) is 39.0 Å². The summed E-state index contributed by atoms with van der Waals surface area (Å²) in [5.41, 5.74) is 0. The van der Waals surface area contributed by atoms with E-state index in [1.807, 2.05) is 0 Å². The number of carbonyl (C=O) groups is 4. The van der Waals surface area contributed by atoms with Gasteiger partial charge in [0.05, 0.1) is 19.1 Å². The smallest absolute Gasteiger partial charge is 0.315 e. The first-order valence-corrected chi connectivity index (χ1v) is 11.6. The van der Waals surface area contributed by atoms with E-state index in [2.05, 4.69) is 10.6 Å². The number of esters is 1. The molecule has 1 saturated carbocycles. The van der Waals surface area contributed by atoms with Crippen molar-refractivity contribution in [1.82, 2.24) is 20.4 Å². The normalized spacial score (nSPS) is 19.4. The molecule has 0 aromatic heterocycles. The molecule has 2 N–H and O–H groups in total. The number of piperidine rings is 1. The van der Waals surface area contributed by atoms with E-state index in [1.54, 1.807) is 18.9 Å². The molecule has 0 bridgehead atoms. The van der Waals surface area contributed by atoms with Crippen LogP contribution < -0.4 is 10.6 Å². The van der Waals surface area contributed by atoms with E-state index in [1.165, 1.54) is 11.3 Å². The van der Waals surface area contributed by atoms with Crippen LogP contribution >= 0.6 is 0 Å². The van der Waals surface area contributed by atoms with E-state index in [0.29, 0.717) is 32.7 Å². The zero-order valence-electron chi connectivity index (χ0n) is 19.0. The molecular formula is C22H38N4O5. The van der Waals surface area contributed by atoms with Crippen LogP contribution in [0.5, 0.6) is 0 Å². The summed E-state index contributed by atoms with van der Waals surface area (Å²) in [5.74, 6) is -0.842. The number of nitrogens with one attached hydrogen (secondary N) is 2. The summed E-state index contributed by atoms with van der Waals surface area (Å²) >= 11 is 0. The molecule has 31 heavy (non-hydrogen) atoms. The quantitative estimate of drug-likeness (QED) is 0.420. The Bertz CT molecular complexity index is 621. The van der Waals surface area contributed by atoms with Crippen molar-refractivity contribution in [1.29, 1.82) is 0 Å². The van der Waals surface area contributed by atoms with Crippen LogP contribution in [0.15, 0.2) is 0 Å². The lowest BCUT2D eigenvalue weighted by Gasteiger charge is -2.32. The fraction of sp³-hybridized carbons (Fsp3) is 0.818. The van der Waals surface area contributed by atoms with Gasteiger partial charge in [0.1, 0.15) is 0 Å².